The lowest BCUT2D eigenvalue weighted by molar-refractivity contribution is -0.117. The van der Waals surface area contributed by atoms with Crippen molar-refractivity contribution in [1.82, 2.24) is 20.4 Å². The fourth-order valence-corrected chi connectivity index (χ4v) is 4.22. The van der Waals surface area contributed by atoms with Gasteiger partial charge < -0.3 is 15.2 Å². The number of aromatic nitrogens is 2. The van der Waals surface area contributed by atoms with Gasteiger partial charge in [-0.3, -0.25) is 14.5 Å². The molecule has 0 bridgehead atoms. The van der Waals surface area contributed by atoms with Gasteiger partial charge in [0.05, 0.1) is 23.7 Å². The molecule has 8 nitrogen and oxygen atoms in total. The van der Waals surface area contributed by atoms with Crippen molar-refractivity contribution in [2.45, 2.75) is 37.6 Å². The van der Waals surface area contributed by atoms with Crippen molar-refractivity contribution in [3.8, 4) is 11.4 Å². The molecule has 3 aromatic rings. The molecule has 5 rings (SSSR count). The van der Waals surface area contributed by atoms with Gasteiger partial charge in [-0.25, -0.2) is 4.39 Å². The first kappa shape index (κ1) is 22.2. The lowest BCUT2D eigenvalue weighted by atomic mass is 9.98. The standard InChI is InChI=1S/C25H26FN5O3/c26-18-7-3-5-16(13-18)23-29-25(34-30-23)17-6-4-12-31(14-17)15-22(32)28-21-9-2-1-8-20(21)24(33)27-19-10-11-19/h1-3,5,7-9,13,17,19H,4,6,10-12,14-15H2,(H,27,33)(H,28,32). The fourth-order valence-electron chi connectivity index (χ4n) is 4.22. The van der Waals surface area contributed by atoms with E-state index in [4.69, 9.17) is 4.52 Å². The number of halogens is 1. The second-order valence-corrected chi connectivity index (χ2v) is 8.88. The summed E-state index contributed by atoms with van der Waals surface area (Å²) in [4.78, 5) is 31.8. The minimum absolute atomic E-state index is 0.00651. The van der Waals surface area contributed by atoms with Crippen LogP contribution < -0.4 is 10.6 Å². The Hall–Kier alpha value is -3.59. The molecule has 0 radical (unpaired) electrons. The molecule has 9 heteroatoms. The predicted octanol–water partition coefficient (Wildman–Crippen LogP) is 3.59. The Morgan fingerprint density at radius 1 is 1.12 bits per heavy atom. The normalized spacial score (nSPS) is 18.4. The average Bonchev–Trinajstić information content (AvgIpc) is 3.50. The van der Waals surface area contributed by atoms with Gasteiger partial charge in [-0.2, -0.15) is 4.98 Å². The van der Waals surface area contributed by atoms with Crippen molar-refractivity contribution in [3.63, 3.8) is 0 Å². The lowest BCUT2D eigenvalue weighted by Gasteiger charge is -2.30. The Kier molecular flexibility index (Phi) is 6.35. The first-order valence-corrected chi connectivity index (χ1v) is 11.6. The SMILES string of the molecule is O=C(CN1CCCC(c2nc(-c3cccc(F)c3)no2)C1)Nc1ccccc1C(=O)NC1CC1. The second kappa shape index (κ2) is 9.72. The molecule has 1 atom stereocenters. The molecule has 1 saturated carbocycles. The third kappa shape index (κ3) is 5.31. The largest absolute Gasteiger partial charge is 0.349 e. The van der Waals surface area contributed by atoms with E-state index in [1.54, 1.807) is 36.4 Å². The van der Waals surface area contributed by atoms with Crippen LogP contribution in [0.15, 0.2) is 53.1 Å². The molecular formula is C25H26FN5O3. The van der Waals surface area contributed by atoms with Gasteiger partial charge in [0.15, 0.2) is 0 Å². The molecule has 2 N–H and O–H groups in total. The number of rotatable bonds is 7. The smallest absolute Gasteiger partial charge is 0.253 e. The highest BCUT2D eigenvalue weighted by Crippen LogP contribution is 2.28. The molecule has 2 heterocycles. The zero-order valence-corrected chi connectivity index (χ0v) is 18.7. The highest BCUT2D eigenvalue weighted by molar-refractivity contribution is 6.04. The van der Waals surface area contributed by atoms with E-state index in [-0.39, 0.29) is 36.1 Å². The summed E-state index contributed by atoms with van der Waals surface area (Å²) in [5.74, 6) is 0.135. The summed E-state index contributed by atoms with van der Waals surface area (Å²) in [6, 6.07) is 13.4. The van der Waals surface area contributed by atoms with Gasteiger partial charge in [0.1, 0.15) is 5.82 Å². The van der Waals surface area contributed by atoms with Gasteiger partial charge in [-0.15, -0.1) is 0 Å². The highest BCUT2D eigenvalue weighted by atomic mass is 19.1. The summed E-state index contributed by atoms with van der Waals surface area (Å²) in [6.45, 7) is 1.57. The maximum atomic E-state index is 13.5. The molecule has 1 unspecified atom stereocenters. The molecule has 2 amide bonds. The zero-order chi connectivity index (χ0) is 23.5. The van der Waals surface area contributed by atoms with Crippen molar-refractivity contribution in [3.05, 3.63) is 65.8 Å². The number of hydrogen-bond acceptors (Lipinski definition) is 6. The van der Waals surface area contributed by atoms with E-state index in [9.17, 15) is 14.0 Å². The number of benzene rings is 2. The van der Waals surface area contributed by atoms with Crippen molar-refractivity contribution in [2.24, 2.45) is 0 Å². The number of para-hydroxylation sites is 1. The fraction of sp³-hybridized carbons (Fsp3) is 0.360. The molecule has 176 valence electrons. The second-order valence-electron chi connectivity index (χ2n) is 8.88. The Balaban J connectivity index is 1.20. The minimum atomic E-state index is -0.356. The molecule has 0 spiro atoms. The van der Waals surface area contributed by atoms with Crippen molar-refractivity contribution in [1.29, 1.82) is 0 Å². The van der Waals surface area contributed by atoms with E-state index in [0.717, 1.165) is 32.2 Å². The van der Waals surface area contributed by atoms with Crippen LogP contribution in [0.25, 0.3) is 11.4 Å². The molecule has 1 saturated heterocycles. The molecule has 1 aliphatic carbocycles. The number of anilines is 1. The van der Waals surface area contributed by atoms with Crippen molar-refractivity contribution >= 4 is 17.5 Å². The van der Waals surface area contributed by atoms with Crippen LogP contribution in [0.3, 0.4) is 0 Å². The first-order chi connectivity index (χ1) is 16.5. The van der Waals surface area contributed by atoms with Crippen LogP contribution >= 0.6 is 0 Å². The summed E-state index contributed by atoms with van der Waals surface area (Å²) in [5.41, 5.74) is 1.54. The van der Waals surface area contributed by atoms with Gasteiger partial charge in [-0.1, -0.05) is 29.4 Å². The van der Waals surface area contributed by atoms with Crippen LogP contribution in [0, 0.1) is 5.82 Å². The summed E-state index contributed by atoms with van der Waals surface area (Å²) in [7, 11) is 0. The van der Waals surface area contributed by atoms with Crippen molar-refractivity contribution in [2.75, 3.05) is 25.0 Å². The van der Waals surface area contributed by atoms with Crippen LogP contribution in [-0.2, 0) is 4.79 Å². The van der Waals surface area contributed by atoms with Gasteiger partial charge >= 0.3 is 0 Å². The number of carbonyl (C=O) groups excluding carboxylic acids is 2. The maximum absolute atomic E-state index is 13.5. The monoisotopic (exact) mass is 463 g/mol. The molecular weight excluding hydrogens is 437 g/mol. The van der Waals surface area contributed by atoms with Crippen LogP contribution in [0.1, 0.15) is 47.8 Å². The molecule has 2 aromatic carbocycles. The summed E-state index contributed by atoms with van der Waals surface area (Å²) in [6.07, 6.45) is 3.75. The topological polar surface area (TPSA) is 100 Å². The first-order valence-electron chi connectivity index (χ1n) is 11.6. The lowest BCUT2D eigenvalue weighted by Crippen LogP contribution is -2.40. The third-order valence-corrected chi connectivity index (χ3v) is 6.10. The van der Waals surface area contributed by atoms with Crippen LogP contribution in [0.4, 0.5) is 10.1 Å². The van der Waals surface area contributed by atoms with Gasteiger partial charge in [0.2, 0.25) is 17.6 Å². The molecule has 1 aliphatic heterocycles. The van der Waals surface area contributed by atoms with Crippen molar-refractivity contribution < 1.29 is 18.5 Å². The Morgan fingerprint density at radius 3 is 2.79 bits per heavy atom. The quantitative estimate of drug-likeness (QED) is 0.556. The number of likely N-dealkylation sites (tertiary alicyclic amines) is 1. The number of hydrogen-bond donors (Lipinski definition) is 2. The summed E-state index contributed by atoms with van der Waals surface area (Å²) < 4.78 is 19.0. The minimum Gasteiger partial charge on any atom is -0.349 e. The van der Waals surface area contributed by atoms with Crippen LogP contribution in [0.5, 0.6) is 0 Å². The number of piperidine rings is 1. The van der Waals surface area contributed by atoms with Gasteiger partial charge in [0, 0.05) is 18.2 Å². The van der Waals surface area contributed by atoms with E-state index in [1.807, 2.05) is 4.90 Å². The Morgan fingerprint density at radius 2 is 1.97 bits per heavy atom. The molecule has 2 aliphatic rings. The summed E-state index contributed by atoms with van der Waals surface area (Å²) >= 11 is 0. The number of nitrogens with one attached hydrogen (secondary N) is 2. The Labute approximate surface area is 196 Å². The van der Waals surface area contributed by atoms with E-state index >= 15 is 0 Å². The van der Waals surface area contributed by atoms with Crippen LogP contribution in [-0.4, -0.2) is 52.5 Å². The van der Waals surface area contributed by atoms with Gasteiger partial charge in [-0.05, 0) is 56.5 Å². The van der Waals surface area contributed by atoms with E-state index < -0.39 is 0 Å². The average molecular weight is 464 g/mol. The van der Waals surface area contributed by atoms with Gasteiger partial charge in [0.25, 0.3) is 5.91 Å². The van der Waals surface area contributed by atoms with E-state index in [2.05, 4.69) is 20.8 Å². The van der Waals surface area contributed by atoms with E-state index in [1.165, 1.54) is 12.1 Å². The highest BCUT2D eigenvalue weighted by Gasteiger charge is 2.28. The maximum Gasteiger partial charge on any atom is 0.253 e. The summed E-state index contributed by atoms with van der Waals surface area (Å²) in [5, 5.41) is 9.86. The zero-order valence-electron chi connectivity index (χ0n) is 18.7. The third-order valence-electron chi connectivity index (χ3n) is 6.10. The molecule has 2 fully saturated rings. The predicted molar refractivity (Wildman–Crippen MR) is 124 cm³/mol. The molecule has 1 aromatic heterocycles. The number of amides is 2. The van der Waals surface area contributed by atoms with E-state index in [0.29, 0.717) is 35.1 Å². The Bertz CT molecular complexity index is 1190. The number of nitrogens with zero attached hydrogens (tertiary/aromatic N) is 3. The van der Waals surface area contributed by atoms with Crippen LogP contribution in [0.2, 0.25) is 0 Å². The molecule has 34 heavy (non-hydrogen) atoms. The number of carbonyl (C=O) groups is 2.